The molecule has 0 aliphatic carbocycles. The smallest absolute Gasteiger partial charge is 0.253 e. The van der Waals surface area contributed by atoms with Crippen LogP contribution < -0.4 is 0 Å². The molecule has 1 aliphatic rings. The SMILES string of the molecule is CCCN(CCC)C(=O)c1ccc(C(=O)N2CCC(C)CC2)cc1. The van der Waals surface area contributed by atoms with Gasteiger partial charge in [-0.1, -0.05) is 20.8 Å². The minimum absolute atomic E-state index is 0.0597. The van der Waals surface area contributed by atoms with Crippen molar-refractivity contribution in [2.45, 2.75) is 46.5 Å². The molecule has 1 aromatic rings. The van der Waals surface area contributed by atoms with Crippen LogP contribution in [-0.2, 0) is 0 Å². The number of amides is 2. The van der Waals surface area contributed by atoms with E-state index in [9.17, 15) is 9.59 Å². The predicted molar refractivity (Wildman–Crippen MR) is 97.2 cm³/mol. The van der Waals surface area contributed by atoms with Gasteiger partial charge in [0.25, 0.3) is 11.8 Å². The van der Waals surface area contributed by atoms with Crippen LogP contribution in [0.2, 0.25) is 0 Å². The lowest BCUT2D eigenvalue weighted by Crippen LogP contribution is -2.38. The van der Waals surface area contributed by atoms with Gasteiger partial charge in [-0.25, -0.2) is 0 Å². The first-order valence-corrected chi connectivity index (χ1v) is 9.25. The van der Waals surface area contributed by atoms with Crippen molar-refractivity contribution in [3.05, 3.63) is 35.4 Å². The number of carbonyl (C=O) groups excluding carboxylic acids is 2. The highest BCUT2D eigenvalue weighted by Crippen LogP contribution is 2.18. The van der Waals surface area contributed by atoms with E-state index in [1.165, 1.54) is 0 Å². The average Bonchev–Trinajstić information content (AvgIpc) is 2.61. The maximum Gasteiger partial charge on any atom is 0.253 e. The van der Waals surface area contributed by atoms with Gasteiger partial charge in [0, 0.05) is 37.3 Å². The maximum absolute atomic E-state index is 12.6. The average molecular weight is 330 g/mol. The zero-order chi connectivity index (χ0) is 17.5. The van der Waals surface area contributed by atoms with Gasteiger partial charge in [-0.15, -0.1) is 0 Å². The van der Waals surface area contributed by atoms with Crippen molar-refractivity contribution in [2.75, 3.05) is 26.2 Å². The molecule has 132 valence electrons. The normalized spacial score (nSPS) is 15.4. The second-order valence-corrected chi connectivity index (χ2v) is 6.84. The zero-order valence-corrected chi connectivity index (χ0v) is 15.3. The van der Waals surface area contributed by atoms with Gasteiger partial charge in [-0.05, 0) is 55.9 Å². The minimum Gasteiger partial charge on any atom is -0.339 e. The number of hydrogen-bond acceptors (Lipinski definition) is 2. The maximum atomic E-state index is 12.6. The fourth-order valence-electron chi connectivity index (χ4n) is 3.19. The molecular formula is C20H30N2O2. The first kappa shape index (κ1) is 18.5. The van der Waals surface area contributed by atoms with Crippen LogP contribution in [0.4, 0.5) is 0 Å². The van der Waals surface area contributed by atoms with E-state index < -0.39 is 0 Å². The Kier molecular flexibility index (Phi) is 6.83. The van der Waals surface area contributed by atoms with Gasteiger partial charge >= 0.3 is 0 Å². The lowest BCUT2D eigenvalue weighted by Gasteiger charge is -2.30. The molecule has 0 N–H and O–H groups in total. The van der Waals surface area contributed by atoms with Crippen LogP contribution in [0.1, 0.15) is 67.2 Å². The molecule has 1 fully saturated rings. The van der Waals surface area contributed by atoms with Gasteiger partial charge in [-0.3, -0.25) is 9.59 Å². The molecule has 1 heterocycles. The summed E-state index contributed by atoms with van der Waals surface area (Å²) >= 11 is 0. The topological polar surface area (TPSA) is 40.6 Å². The highest BCUT2D eigenvalue weighted by Gasteiger charge is 2.22. The summed E-state index contributed by atoms with van der Waals surface area (Å²) in [6, 6.07) is 7.17. The third-order valence-corrected chi connectivity index (χ3v) is 4.72. The molecule has 4 nitrogen and oxygen atoms in total. The number of likely N-dealkylation sites (tertiary alicyclic amines) is 1. The van der Waals surface area contributed by atoms with Crippen LogP contribution in [0.15, 0.2) is 24.3 Å². The Morgan fingerprint density at radius 2 is 1.50 bits per heavy atom. The number of rotatable bonds is 6. The highest BCUT2D eigenvalue weighted by molar-refractivity contribution is 5.97. The Hall–Kier alpha value is -1.84. The molecule has 2 rings (SSSR count). The first-order valence-electron chi connectivity index (χ1n) is 9.25. The van der Waals surface area contributed by atoms with Crippen molar-refractivity contribution in [3.8, 4) is 0 Å². The van der Waals surface area contributed by atoms with Crippen LogP contribution in [-0.4, -0.2) is 47.8 Å². The van der Waals surface area contributed by atoms with E-state index in [4.69, 9.17) is 0 Å². The fourth-order valence-corrected chi connectivity index (χ4v) is 3.19. The molecule has 1 aromatic carbocycles. The summed E-state index contributed by atoms with van der Waals surface area (Å²) in [4.78, 5) is 29.0. The van der Waals surface area contributed by atoms with Gasteiger partial charge in [0.15, 0.2) is 0 Å². The van der Waals surface area contributed by atoms with Crippen molar-refractivity contribution in [2.24, 2.45) is 5.92 Å². The van der Waals surface area contributed by atoms with E-state index in [2.05, 4.69) is 20.8 Å². The van der Waals surface area contributed by atoms with Gasteiger partial charge in [0.05, 0.1) is 0 Å². The van der Waals surface area contributed by atoms with Crippen molar-refractivity contribution in [3.63, 3.8) is 0 Å². The van der Waals surface area contributed by atoms with Gasteiger partial charge < -0.3 is 9.80 Å². The van der Waals surface area contributed by atoms with E-state index in [-0.39, 0.29) is 11.8 Å². The summed E-state index contributed by atoms with van der Waals surface area (Å²) in [6.45, 7) is 9.62. The quantitative estimate of drug-likeness (QED) is 0.795. The van der Waals surface area contributed by atoms with Crippen LogP contribution in [0.25, 0.3) is 0 Å². The summed E-state index contributed by atoms with van der Waals surface area (Å²) in [5.41, 5.74) is 1.35. The molecule has 0 bridgehead atoms. The second kappa shape index (κ2) is 8.86. The van der Waals surface area contributed by atoms with Crippen LogP contribution in [0.5, 0.6) is 0 Å². The molecule has 0 radical (unpaired) electrons. The van der Waals surface area contributed by atoms with E-state index in [0.29, 0.717) is 17.0 Å². The molecule has 4 heteroatoms. The number of carbonyl (C=O) groups is 2. The van der Waals surface area contributed by atoms with E-state index in [0.717, 1.165) is 51.9 Å². The molecule has 24 heavy (non-hydrogen) atoms. The standard InChI is InChI=1S/C20H30N2O2/c1-4-12-21(13-5-2)19(23)17-6-8-18(9-7-17)20(24)22-14-10-16(3)11-15-22/h6-9,16H,4-5,10-15H2,1-3H3. The van der Waals surface area contributed by atoms with Crippen LogP contribution in [0, 0.1) is 5.92 Å². The first-order chi connectivity index (χ1) is 11.6. The van der Waals surface area contributed by atoms with Crippen LogP contribution >= 0.6 is 0 Å². The van der Waals surface area contributed by atoms with Gasteiger partial charge in [0.1, 0.15) is 0 Å². The summed E-state index contributed by atoms with van der Waals surface area (Å²) in [5, 5.41) is 0. The Bertz CT molecular complexity index is 539. The molecule has 0 unspecified atom stereocenters. The zero-order valence-electron chi connectivity index (χ0n) is 15.3. The third-order valence-electron chi connectivity index (χ3n) is 4.72. The van der Waals surface area contributed by atoms with Crippen LogP contribution in [0.3, 0.4) is 0 Å². The summed E-state index contributed by atoms with van der Waals surface area (Å²) in [5.74, 6) is 0.849. The Morgan fingerprint density at radius 3 is 2.00 bits per heavy atom. The lowest BCUT2D eigenvalue weighted by molar-refractivity contribution is 0.0695. The van der Waals surface area contributed by atoms with Gasteiger partial charge in [0.2, 0.25) is 0 Å². The highest BCUT2D eigenvalue weighted by atomic mass is 16.2. The Labute approximate surface area is 145 Å². The summed E-state index contributed by atoms with van der Waals surface area (Å²) in [7, 11) is 0. The minimum atomic E-state index is 0.0597. The number of piperidine rings is 1. The Morgan fingerprint density at radius 1 is 1.00 bits per heavy atom. The molecular weight excluding hydrogens is 300 g/mol. The number of nitrogens with zero attached hydrogens (tertiary/aromatic N) is 2. The third kappa shape index (κ3) is 4.59. The molecule has 1 saturated heterocycles. The van der Waals surface area contributed by atoms with E-state index >= 15 is 0 Å². The fraction of sp³-hybridized carbons (Fsp3) is 0.600. The monoisotopic (exact) mass is 330 g/mol. The van der Waals surface area contributed by atoms with Crippen molar-refractivity contribution < 1.29 is 9.59 Å². The molecule has 0 atom stereocenters. The summed E-state index contributed by atoms with van der Waals surface area (Å²) in [6.07, 6.45) is 4.06. The second-order valence-electron chi connectivity index (χ2n) is 6.84. The molecule has 0 aromatic heterocycles. The molecule has 0 spiro atoms. The van der Waals surface area contributed by atoms with E-state index in [1.807, 2.05) is 9.80 Å². The largest absolute Gasteiger partial charge is 0.339 e. The van der Waals surface area contributed by atoms with Crippen molar-refractivity contribution >= 4 is 11.8 Å². The summed E-state index contributed by atoms with van der Waals surface area (Å²) < 4.78 is 0. The predicted octanol–water partition coefficient (Wildman–Crippen LogP) is 3.82. The van der Waals surface area contributed by atoms with Crippen molar-refractivity contribution in [1.82, 2.24) is 9.80 Å². The van der Waals surface area contributed by atoms with E-state index in [1.54, 1.807) is 24.3 Å². The molecule has 1 aliphatic heterocycles. The number of benzene rings is 1. The van der Waals surface area contributed by atoms with Gasteiger partial charge in [-0.2, -0.15) is 0 Å². The lowest BCUT2D eigenvalue weighted by atomic mass is 9.98. The molecule has 2 amide bonds. The number of hydrogen-bond donors (Lipinski definition) is 0. The molecule has 0 saturated carbocycles. The Balaban J connectivity index is 2.04. The van der Waals surface area contributed by atoms with Crippen molar-refractivity contribution in [1.29, 1.82) is 0 Å².